The van der Waals surface area contributed by atoms with E-state index >= 15 is 0 Å². The summed E-state index contributed by atoms with van der Waals surface area (Å²) in [6.07, 6.45) is 5.35. The number of aromatic nitrogens is 3. The first-order valence-corrected chi connectivity index (χ1v) is 9.63. The molecule has 0 bridgehead atoms. The van der Waals surface area contributed by atoms with E-state index in [-0.39, 0.29) is 26.1 Å². The lowest BCUT2D eigenvalue weighted by atomic mass is 9.87. The second-order valence-corrected chi connectivity index (χ2v) is 8.57. The number of pyridine rings is 1. The van der Waals surface area contributed by atoms with Crippen LogP contribution in [0, 0.1) is 0 Å². The molecule has 4 rings (SSSR count). The van der Waals surface area contributed by atoms with Crippen molar-refractivity contribution in [2.45, 2.75) is 31.6 Å². The van der Waals surface area contributed by atoms with Crippen LogP contribution >= 0.6 is 0 Å². The number of likely N-dealkylation sites (tertiary alicyclic amines) is 1. The quantitative estimate of drug-likeness (QED) is 0.638. The molecule has 29 heavy (non-hydrogen) atoms. The summed E-state index contributed by atoms with van der Waals surface area (Å²) in [5.74, 6) is -0.499. The van der Waals surface area contributed by atoms with Crippen molar-refractivity contribution in [1.29, 1.82) is 0 Å². The molecule has 0 saturated carbocycles. The predicted octanol–water partition coefficient (Wildman–Crippen LogP) is 3.52. The number of fused-ring (bicyclic) bond motifs is 1. The van der Waals surface area contributed by atoms with Crippen LogP contribution in [0.4, 0.5) is 8.78 Å². The maximum absolute atomic E-state index is 14.9. The number of rotatable bonds is 6. The molecule has 0 atom stereocenters. The van der Waals surface area contributed by atoms with Gasteiger partial charge in [-0.2, -0.15) is 5.10 Å². The van der Waals surface area contributed by atoms with E-state index in [2.05, 4.69) is 10.1 Å². The van der Waals surface area contributed by atoms with Gasteiger partial charge in [0.25, 0.3) is 0 Å². The fraction of sp³-hybridized carbons (Fsp3) is 0.409. The highest BCUT2D eigenvalue weighted by molar-refractivity contribution is 5.92. The zero-order valence-electron chi connectivity index (χ0n) is 16.8. The number of Topliss-reactive ketones (excluding diaryl/α,β-unsaturated/α-hetero) is 1. The molecule has 1 aliphatic rings. The van der Waals surface area contributed by atoms with Crippen molar-refractivity contribution in [1.82, 2.24) is 19.7 Å². The van der Waals surface area contributed by atoms with Gasteiger partial charge in [-0.3, -0.25) is 19.4 Å². The first-order valence-electron chi connectivity index (χ1n) is 9.63. The predicted molar refractivity (Wildman–Crippen MR) is 108 cm³/mol. The number of carbonyl (C=O) groups is 1. The summed E-state index contributed by atoms with van der Waals surface area (Å²) in [5.41, 5.74) is -0.779. The fourth-order valence-corrected chi connectivity index (χ4v) is 3.84. The molecule has 0 spiro atoms. The lowest BCUT2D eigenvalue weighted by Gasteiger charge is -2.44. The van der Waals surface area contributed by atoms with Gasteiger partial charge in [-0.25, -0.2) is 8.78 Å². The molecule has 1 aromatic carbocycles. The minimum atomic E-state index is -1.92. The number of aryl methyl sites for hydroxylation is 1. The highest BCUT2D eigenvalue weighted by Gasteiger charge is 2.50. The van der Waals surface area contributed by atoms with Gasteiger partial charge in [0.05, 0.1) is 12.6 Å². The van der Waals surface area contributed by atoms with E-state index in [1.54, 1.807) is 22.0 Å². The molecule has 7 heteroatoms. The minimum absolute atomic E-state index is 0.0576. The van der Waals surface area contributed by atoms with Gasteiger partial charge in [0, 0.05) is 55.7 Å². The van der Waals surface area contributed by atoms with Gasteiger partial charge < -0.3 is 0 Å². The van der Waals surface area contributed by atoms with Crippen LogP contribution in [0.15, 0.2) is 42.9 Å². The topological polar surface area (TPSA) is 51.0 Å². The van der Waals surface area contributed by atoms with E-state index < -0.39 is 17.1 Å². The zero-order valence-corrected chi connectivity index (χ0v) is 16.8. The molecule has 0 radical (unpaired) electrons. The van der Waals surface area contributed by atoms with Gasteiger partial charge in [-0.1, -0.05) is 12.1 Å². The first kappa shape index (κ1) is 19.6. The molecule has 5 nitrogen and oxygen atoms in total. The van der Waals surface area contributed by atoms with Gasteiger partial charge in [-0.05, 0) is 36.9 Å². The van der Waals surface area contributed by atoms with Crippen LogP contribution in [-0.2, 0) is 18.3 Å². The Labute approximate surface area is 168 Å². The Balaban J connectivity index is 1.49. The van der Waals surface area contributed by atoms with Gasteiger partial charge in [0.1, 0.15) is 5.67 Å². The van der Waals surface area contributed by atoms with Crippen molar-refractivity contribution in [3.05, 3.63) is 48.5 Å². The molecule has 3 heterocycles. The summed E-state index contributed by atoms with van der Waals surface area (Å²) in [4.78, 5) is 18.5. The summed E-state index contributed by atoms with van der Waals surface area (Å²) < 4.78 is 30.3. The van der Waals surface area contributed by atoms with Crippen molar-refractivity contribution < 1.29 is 13.6 Å². The van der Waals surface area contributed by atoms with Crippen LogP contribution < -0.4 is 0 Å². The van der Waals surface area contributed by atoms with Crippen LogP contribution in [0.1, 0.15) is 19.5 Å². The average molecular weight is 398 g/mol. The Hall–Kier alpha value is -2.67. The third-order valence-corrected chi connectivity index (χ3v) is 5.21. The number of ketones is 1. The lowest BCUT2D eigenvalue weighted by molar-refractivity contribution is -0.144. The number of nitrogens with zero attached hydrogens (tertiary/aromatic N) is 4. The number of hydrogen-bond donors (Lipinski definition) is 0. The van der Waals surface area contributed by atoms with E-state index in [4.69, 9.17) is 0 Å². The minimum Gasteiger partial charge on any atom is -0.296 e. The summed E-state index contributed by atoms with van der Waals surface area (Å²) in [6, 6.07) is 7.81. The smallest absolute Gasteiger partial charge is 0.194 e. The van der Waals surface area contributed by atoms with E-state index in [0.29, 0.717) is 5.69 Å². The Morgan fingerprint density at radius 3 is 2.59 bits per heavy atom. The molecule has 0 N–H and O–H groups in total. The Morgan fingerprint density at radius 1 is 1.17 bits per heavy atom. The Bertz CT molecular complexity index is 1060. The van der Waals surface area contributed by atoms with Crippen LogP contribution in [0.3, 0.4) is 0 Å². The van der Waals surface area contributed by atoms with Crippen molar-refractivity contribution in [2.75, 3.05) is 19.6 Å². The second-order valence-electron chi connectivity index (χ2n) is 8.57. The van der Waals surface area contributed by atoms with Crippen LogP contribution in [0.5, 0.6) is 0 Å². The standard InChI is InChI=1S/C22H24F2N4O/c1-21(2,23)12-28-13-22(24,14-28)20(29)8-19-7-17-6-15(4-5-16(17)9-25-19)18-10-26-27(3)11-18/h4-7,9-11H,8,12-14H2,1-3H3. The summed E-state index contributed by atoms with van der Waals surface area (Å²) in [7, 11) is 1.86. The van der Waals surface area contributed by atoms with Crippen LogP contribution in [0.25, 0.3) is 21.9 Å². The third kappa shape index (κ3) is 4.19. The molecule has 0 amide bonds. The maximum Gasteiger partial charge on any atom is 0.194 e. The number of benzene rings is 1. The monoisotopic (exact) mass is 398 g/mol. The molecule has 1 saturated heterocycles. The number of alkyl halides is 2. The largest absolute Gasteiger partial charge is 0.296 e. The van der Waals surface area contributed by atoms with Crippen molar-refractivity contribution >= 4 is 16.6 Å². The molecule has 1 aliphatic heterocycles. The third-order valence-electron chi connectivity index (χ3n) is 5.21. The van der Waals surface area contributed by atoms with E-state index in [9.17, 15) is 13.6 Å². The Morgan fingerprint density at radius 2 is 1.93 bits per heavy atom. The van der Waals surface area contributed by atoms with Gasteiger partial charge in [-0.15, -0.1) is 0 Å². The maximum atomic E-state index is 14.9. The van der Waals surface area contributed by atoms with E-state index in [1.165, 1.54) is 13.8 Å². The second kappa shape index (κ2) is 6.99. The number of carbonyl (C=O) groups excluding carboxylic acids is 1. The summed E-state index contributed by atoms with van der Waals surface area (Å²) in [6.45, 7) is 2.91. The molecular weight excluding hydrogens is 374 g/mol. The van der Waals surface area contributed by atoms with Crippen LogP contribution in [-0.4, -0.2) is 56.4 Å². The SMILES string of the molecule is Cn1cc(-c2ccc3cnc(CC(=O)C4(F)CN(CC(C)(C)F)C4)cc3c2)cn1. The average Bonchev–Trinajstić information content (AvgIpc) is 3.05. The molecule has 0 unspecified atom stereocenters. The van der Waals surface area contributed by atoms with Crippen molar-refractivity contribution in [2.24, 2.45) is 7.05 Å². The molecule has 152 valence electrons. The van der Waals surface area contributed by atoms with E-state index in [1.807, 2.05) is 37.5 Å². The molecule has 3 aromatic rings. The Kier molecular flexibility index (Phi) is 4.73. The van der Waals surface area contributed by atoms with Crippen molar-refractivity contribution in [3.8, 4) is 11.1 Å². The van der Waals surface area contributed by atoms with Crippen molar-refractivity contribution in [3.63, 3.8) is 0 Å². The normalized spacial score (nSPS) is 16.7. The first-order chi connectivity index (χ1) is 13.6. The molecular formula is C22H24F2N4O. The van der Waals surface area contributed by atoms with Gasteiger partial charge in [0.2, 0.25) is 0 Å². The van der Waals surface area contributed by atoms with Gasteiger partial charge in [0.15, 0.2) is 11.5 Å². The molecule has 2 aromatic heterocycles. The molecule has 1 fully saturated rings. The summed E-state index contributed by atoms with van der Waals surface area (Å²) >= 11 is 0. The highest BCUT2D eigenvalue weighted by atomic mass is 19.1. The number of hydrogen-bond acceptors (Lipinski definition) is 4. The number of halogens is 2. The van der Waals surface area contributed by atoms with E-state index in [0.717, 1.165) is 21.9 Å². The van der Waals surface area contributed by atoms with Gasteiger partial charge >= 0.3 is 0 Å². The molecule has 0 aliphatic carbocycles. The fourth-order valence-electron chi connectivity index (χ4n) is 3.84. The lowest BCUT2D eigenvalue weighted by Crippen LogP contribution is -2.65. The highest BCUT2D eigenvalue weighted by Crippen LogP contribution is 2.30. The summed E-state index contributed by atoms with van der Waals surface area (Å²) in [5, 5.41) is 6.08. The van der Waals surface area contributed by atoms with Crippen LogP contribution in [0.2, 0.25) is 0 Å². The zero-order chi connectivity index (χ0) is 20.8.